The molecule has 2 unspecified atom stereocenters. The van der Waals surface area contributed by atoms with Crippen molar-refractivity contribution in [2.45, 2.75) is 32.9 Å². The molecule has 0 spiro atoms. The van der Waals surface area contributed by atoms with Crippen LogP contribution in [0.5, 0.6) is 5.75 Å². The van der Waals surface area contributed by atoms with E-state index in [1.165, 1.54) is 5.56 Å². The Labute approximate surface area is 132 Å². The minimum Gasteiger partial charge on any atom is -0.489 e. The van der Waals surface area contributed by atoms with E-state index in [-0.39, 0.29) is 12.1 Å². The number of hydrogen-bond donors (Lipinski definition) is 1. The van der Waals surface area contributed by atoms with Gasteiger partial charge in [0.1, 0.15) is 11.9 Å². The number of benzene rings is 2. The van der Waals surface area contributed by atoms with Gasteiger partial charge in [-0.3, -0.25) is 0 Å². The number of likely N-dealkylation sites (N-methyl/N-ethyl adjacent to an activating group) is 1. The van der Waals surface area contributed by atoms with Gasteiger partial charge in [-0.1, -0.05) is 48.9 Å². The summed E-state index contributed by atoms with van der Waals surface area (Å²) in [5.41, 5.74) is 2.26. The smallest absolute Gasteiger partial charge is 0.120 e. The minimum atomic E-state index is 0.0212. The van der Waals surface area contributed by atoms with Crippen molar-refractivity contribution in [3.8, 4) is 5.75 Å². The molecule has 0 aromatic heterocycles. The highest BCUT2D eigenvalue weighted by molar-refractivity contribution is 6.31. The molecule has 0 bridgehead atoms. The molecule has 0 heterocycles. The minimum absolute atomic E-state index is 0.0212. The molecule has 2 atom stereocenters. The summed E-state index contributed by atoms with van der Waals surface area (Å²) < 4.78 is 6.10. The summed E-state index contributed by atoms with van der Waals surface area (Å²) in [7, 11) is 0. The van der Waals surface area contributed by atoms with Gasteiger partial charge >= 0.3 is 0 Å². The van der Waals surface area contributed by atoms with Crippen LogP contribution in [0.2, 0.25) is 5.02 Å². The van der Waals surface area contributed by atoms with Crippen molar-refractivity contribution < 1.29 is 4.74 Å². The molecule has 2 aromatic carbocycles. The van der Waals surface area contributed by atoms with E-state index in [2.05, 4.69) is 43.4 Å². The maximum absolute atomic E-state index is 6.10. The number of aryl methyl sites for hydroxylation is 1. The van der Waals surface area contributed by atoms with Crippen LogP contribution in [0.25, 0.3) is 0 Å². The molecular formula is C18H22ClNO. The molecule has 0 aliphatic heterocycles. The molecular weight excluding hydrogens is 282 g/mol. The van der Waals surface area contributed by atoms with Crippen molar-refractivity contribution in [1.82, 2.24) is 5.32 Å². The van der Waals surface area contributed by atoms with E-state index in [9.17, 15) is 0 Å². The largest absolute Gasteiger partial charge is 0.489 e. The zero-order valence-electron chi connectivity index (χ0n) is 12.8. The first-order chi connectivity index (χ1) is 10.1. The second-order valence-electron chi connectivity index (χ2n) is 5.18. The fourth-order valence-electron chi connectivity index (χ4n) is 2.41. The van der Waals surface area contributed by atoms with Gasteiger partial charge in [-0.05, 0) is 49.7 Å². The van der Waals surface area contributed by atoms with Crippen molar-refractivity contribution in [2.75, 3.05) is 6.54 Å². The molecule has 0 aliphatic carbocycles. The monoisotopic (exact) mass is 303 g/mol. The summed E-state index contributed by atoms with van der Waals surface area (Å²) in [6, 6.07) is 16.3. The molecule has 112 valence electrons. The summed E-state index contributed by atoms with van der Waals surface area (Å²) in [4.78, 5) is 0. The first-order valence-corrected chi connectivity index (χ1v) is 7.70. The molecule has 2 rings (SSSR count). The maximum Gasteiger partial charge on any atom is 0.120 e. The highest BCUT2D eigenvalue weighted by Crippen LogP contribution is 2.25. The van der Waals surface area contributed by atoms with Gasteiger partial charge in [0, 0.05) is 5.02 Å². The first kappa shape index (κ1) is 15.9. The predicted octanol–water partition coefficient (Wildman–Crippen LogP) is 4.77. The molecule has 1 N–H and O–H groups in total. The lowest BCUT2D eigenvalue weighted by molar-refractivity contribution is 0.171. The van der Waals surface area contributed by atoms with Crippen LogP contribution >= 0.6 is 11.6 Å². The Morgan fingerprint density at radius 1 is 1.14 bits per heavy atom. The third-order valence-corrected chi connectivity index (χ3v) is 3.93. The van der Waals surface area contributed by atoms with Crippen LogP contribution in [0.3, 0.4) is 0 Å². The Kier molecular flexibility index (Phi) is 5.66. The molecule has 0 saturated heterocycles. The lowest BCUT2D eigenvalue weighted by atomic mass is 10.0. The Morgan fingerprint density at radius 2 is 1.86 bits per heavy atom. The van der Waals surface area contributed by atoms with Crippen molar-refractivity contribution in [3.05, 3.63) is 64.7 Å². The van der Waals surface area contributed by atoms with Gasteiger partial charge in [-0.15, -0.1) is 0 Å². The molecule has 0 amide bonds. The van der Waals surface area contributed by atoms with E-state index in [0.717, 1.165) is 22.9 Å². The lowest BCUT2D eigenvalue weighted by Crippen LogP contribution is -2.33. The van der Waals surface area contributed by atoms with Gasteiger partial charge < -0.3 is 10.1 Å². The van der Waals surface area contributed by atoms with Gasteiger partial charge in [-0.2, -0.15) is 0 Å². The van der Waals surface area contributed by atoms with E-state index < -0.39 is 0 Å². The van der Waals surface area contributed by atoms with E-state index in [1.54, 1.807) is 0 Å². The van der Waals surface area contributed by atoms with Crippen LogP contribution in [0.15, 0.2) is 48.5 Å². The third kappa shape index (κ3) is 4.23. The van der Waals surface area contributed by atoms with Gasteiger partial charge in [0.15, 0.2) is 0 Å². The molecule has 3 heteroatoms. The van der Waals surface area contributed by atoms with Gasteiger partial charge in [0.2, 0.25) is 0 Å². The number of nitrogens with one attached hydrogen (secondary N) is 1. The summed E-state index contributed by atoms with van der Waals surface area (Å²) in [5, 5.41) is 4.26. The second-order valence-corrected chi connectivity index (χ2v) is 5.59. The molecule has 0 radical (unpaired) electrons. The van der Waals surface area contributed by atoms with Crippen LogP contribution in [0.1, 0.15) is 31.0 Å². The van der Waals surface area contributed by atoms with Gasteiger partial charge in [0.05, 0.1) is 6.04 Å². The Bertz CT molecular complexity index is 571. The van der Waals surface area contributed by atoms with Crippen LogP contribution in [-0.4, -0.2) is 12.6 Å². The predicted molar refractivity (Wildman–Crippen MR) is 89.1 cm³/mol. The molecule has 21 heavy (non-hydrogen) atoms. The highest BCUT2D eigenvalue weighted by atomic mass is 35.5. The SMILES string of the molecule is CCNC(c1ccccc1)C(C)Oc1ccc(Cl)c(C)c1. The average Bonchev–Trinajstić information content (AvgIpc) is 2.49. The number of ether oxygens (including phenoxy) is 1. The Balaban J connectivity index is 2.15. The Hall–Kier alpha value is -1.51. The zero-order valence-corrected chi connectivity index (χ0v) is 13.5. The first-order valence-electron chi connectivity index (χ1n) is 7.33. The number of rotatable bonds is 6. The zero-order chi connectivity index (χ0) is 15.2. The molecule has 0 fully saturated rings. The lowest BCUT2D eigenvalue weighted by Gasteiger charge is -2.26. The summed E-state index contributed by atoms with van der Waals surface area (Å²) in [6.07, 6.45) is 0.0212. The fraction of sp³-hybridized carbons (Fsp3) is 0.333. The van der Waals surface area contributed by atoms with Gasteiger partial charge in [-0.25, -0.2) is 0 Å². The van der Waals surface area contributed by atoms with E-state index in [0.29, 0.717) is 0 Å². The topological polar surface area (TPSA) is 21.3 Å². The van der Waals surface area contributed by atoms with Crippen molar-refractivity contribution in [3.63, 3.8) is 0 Å². The van der Waals surface area contributed by atoms with E-state index in [4.69, 9.17) is 16.3 Å². The molecule has 0 saturated carbocycles. The van der Waals surface area contributed by atoms with Crippen molar-refractivity contribution >= 4 is 11.6 Å². The van der Waals surface area contributed by atoms with E-state index in [1.807, 2.05) is 31.2 Å². The van der Waals surface area contributed by atoms with Crippen LogP contribution in [0, 0.1) is 6.92 Å². The number of hydrogen-bond acceptors (Lipinski definition) is 2. The maximum atomic E-state index is 6.10. The number of halogens is 1. The highest BCUT2D eigenvalue weighted by Gasteiger charge is 2.19. The standard InChI is InChI=1S/C18H22ClNO/c1-4-20-18(15-8-6-5-7-9-15)14(3)21-16-10-11-17(19)13(2)12-16/h5-12,14,18,20H,4H2,1-3H3. The van der Waals surface area contributed by atoms with Crippen molar-refractivity contribution in [1.29, 1.82) is 0 Å². The Morgan fingerprint density at radius 3 is 2.48 bits per heavy atom. The second kappa shape index (κ2) is 7.48. The van der Waals surface area contributed by atoms with Gasteiger partial charge in [0.25, 0.3) is 0 Å². The summed E-state index contributed by atoms with van der Waals surface area (Å²) in [5.74, 6) is 0.850. The third-order valence-electron chi connectivity index (χ3n) is 3.50. The van der Waals surface area contributed by atoms with E-state index >= 15 is 0 Å². The quantitative estimate of drug-likeness (QED) is 0.830. The van der Waals surface area contributed by atoms with Crippen LogP contribution in [-0.2, 0) is 0 Å². The average molecular weight is 304 g/mol. The molecule has 0 aliphatic rings. The normalized spacial score (nSPS) is 13.7. The van der Waals surface area contributed by atoms with Crippen molar-refractivity contribution in [2.24, 2.45) is 0 Å². The molecule has 2 aromatic rings. The summed E-state index contributed by atoms with van der Waals surface area (Å²) in [6.45, 7) is 7.07. The fourth-order valence-corrected chi connectivity index (χ4v) is 2.53. The van der Waals surface area contributed by atoms with Crippen LogP contribution in [0.4, 0.5) is 0 Å². The van der Waals surface area contributed by atoms with Crippen LogP contribution < -0.4 is 10.1 Å². The summed E-state index contributed by atoms with van der Waals surface area (Å²) >= 11 is 6.06. The molecule has 2 nitrogen and oxygen atoms in total.